The van der Waals surface area contributed by atoms with Crippen LogP contribution in [0.4, 0.5) is 0 Å². The molecule has 2 aromatic rings. The predicted molar refractivity (Wildman–Crippen MR) is 109 cm³/mol. The molecule has 1 nitrogen and oxygen atoms in total. The van der Waals surface area contributed by atoms with Crippen LogP contribution in [0, 0.1) is 0 Å². The molecule has 0 aliphatic carbocycles. The summed E-state index contributed by atoms with van der Waals surface area (Å²) in [7, 11) is 0. The number of nitrogens with zero attached hydrogens (tertiary/aromatic N) is 1. The first-order chi connectivity index (χ1) is 12.3. The first kappa shape index (κ1) is 19.2. The molecule has 0 heterocycles. The summed E-state index contributed by atoms with van der Waals surface area (Å²) < 4.78 is 1.11. The second-order valence-electron chi connectivity index (χ2n) is 6.94. The van der Waals surface area contributed by atoms with Crippen LogP contribution in [0.5, 0.6) is 0 Å². The summed E-state index contributed by atoms with van der Waals surface area (Å²) in [4.78, 5) is 0. The second-order valence-corrected chi connectivity index (χ2v) is 6.94. The third kappa shape index (κ3) is 6.72. The van der Waals surface area contributed by atoms with Crippen molar-refractivity contribution in [3.63, 3.8) is 0 Å². The molecule has 0 aromatic heterocycles. The highest BCUT2D eigenvalue weighted by Gasteiger charge is 2.27. The van der Waals surface area contributed by atoms with Crippen molar-refractivity contribution in [3.05, 3.63) is 97.1 Å². The molecule has 0 fully saturated rings. The van der Waals surface area contributed by atoms with E-state index in [-0.39, 0.29) is 0 Å². The molecule has 25 heavy (non-hydrogen) atoms. The smallest absolute Gasteiger partial charge is 0.105 e. The van der Waals surface area contributed by atoms with Gasteiger partial charge in [-0.1, -0.05) is 72.8 Å². The van der Waals surface area contributed by atoms with E-state index in [2.05, 4.69) is 73.8 Å². The van der Waals surface area contributed by atoms with E-state index < -0.39 is 0 Å². The van der Waals surface area contributed by atoms with Crippen molar-refractivity contribution >= 4 is 0 Å². The Morgan fingerprint density at radius 1 is 0.640 bits per heavy atom. The van der Waals surface area contributed by atoms with Gasteiger partial charge in [0.2, 0.25) is 0 Å². The average Bonchev–Trinajstić information content (AvgIpc) is 2.64. The van der Waals surface area contributed by atoms with Crippen LogP contribution < -0.4 is 0 Å². The quantitative estimate of drug-likeness (QED) is 0.248. The Morgan fingerprint density at radius 2 is 1.04 bits per heavy atom. The Hall–Kier alpha value is -2.12. The van der Waals surface area contributed by atoms with Crippen molar-refractivity contribution in [3.8, 4) is 0 Å². The predicted octanol–water partition coefficient (Wildman–Crippen LogP) is 6.14. The molecule has 0 saturated heterocycles. The molecule has 0 amide bonds. The lowest BCUT2D eigenvalue weighted by atomic mass is 10.1. The molecule has 132 valence electrons. The van der Waals surface area contributed by atoms with Crippen LogP contribution in [0.3, 0.4) is 0 Å². The van der Waals surface area contributed by atoms with E-state index in [4.69, 9.17) is 0 Å². The lowest BCUT2D eigenvalue weighted by Gasteiger charge is -2.39. The third-order valence-electron chi connectivity index (χ3n) is 4.80. The van der Waals surface area contributed by atoms with Gasteiger partial charge in [-0.15, -0.1) is 13.2 Å². The van der Waals surface area contributed by atoms with Crippen LogP contribution in [0.1, 0.15) is 36.8 Å². The van der Waals surface area contributed by atoms with Crippen LogP contribution in [0.2, 0.25) is 0 Å². The lowest BCUT2D eigenvalue weighted by molar-refractivity contribution is -0.954. The summed E-state index contributed by atoms with van der Waals surface area (Å²) in [5.41, 5.74) is 2.85. The normalized spacial score (nSPS) is 11.2. The lowest BCUT2D eigenvalue weighted by Crippen LogP contribution is -2.48. The van der Waals surface area contributed by atoms with Gasteiger partial charge in [0.25, 0.3) is 0 Å². The SMILES string of the molecule is C=CCCC[N+](CCCC=C)(Cc1ccccc1)Cc1ccccc1. The van der Waals surface area contributed by atoms with Gasteiger partial charge in [0.05, 0.1) is 13.1 Å². The number of hydrogen-bond donors (Lipinski definition) is 0. The summed E-state index contributed by atoms with van der Waals surface area (Å²) in [5, 5.41) is 0. The molecule has 0 aliphatic rings. The van der Waals surface area contributed by atoms with Crippen molar-refractivity contribution in [2.75, 3.05) is 13.1 Å². The summed E-state index contributed by atoms with van der Waals surface area (Å²) in [5.74, 6) is 0. The topological polar surface area (TPSA) is 0 Å². The van der Waals surface area contributed by atoms with Crippen molar-refractivity contribution in [1.82, 2.24) is 0 Å². The van der Waals surface area contributed by atoms with Crippen molar-refractivity contribution in [1.29, 1.82) is 0 Å². The van der Waals surface area contributed by atoms with Crippen molar-refractivity contribution in [2.45, 2.75) is 38.8 Å². The Bertz CT molecular complexity index is 558. The van der Waals surface area contributed by atoms with E-state index in [1.165, 1.54) is 37.1 Å². The summed E-state index contributed by atoms with van der Waals surface area (Å²) >= 11 is 0. The highest BCUT2D eigenvalue weighted by Crippen LogP contribution is 2.23. The number of rotatable bonds is 12. The Balaban J connectivity index is 2.24. The molecule has 0 atom stereocenters. The van der Waals surface area contributed by atoms with Gasteiger partial charge >= 0.3 is 0 Å². The third-order valence-corrected chi connectivity index (χ3v) is 4.80. The zero-order chi connectivity index (χ0) is 17.8. The molecule has 2 aromatic carbocycles. The van der Waals surface area contributed by atoms with E-state index in [1.54, 1.807) is 0 Å². The Morgan fingerprint density at radius 3 is 1.40 bits per heavy atom. The molecule has 0 saturated carbocycles. The minimum atomic E-state index is 1.09. The second kappa shape index (κ2) is 10.7. The van der Waals surface area contributed by atoms with Crippen LogP contribution in [-0.2, 0) is 13.1 Å². The summed E-state index contributed by atoms with van der Waals surface area (Å²) in [6, 6.07) is 21.9. The highest BCUT2D eigenvalue weighted by atomic mass is 15.3. The Kier molecular flexibility index (Phi) is 8.21. The number of unbranched alkanes of at least 4 members (excludes halogenated alkanes) is 2. The highest BCUT2D eigenvalue weighted by molar-refractivity contribution is 5.15. The fraction of sp³-hybridized carbons (Fsp3) is 0.333. The zero-order valence-corrected chi connectivity index (χ0v) is 15.4. The van der Waals surface area contributed by atoms with Gasteiger partial charge in [0.1, 0.15) is 13.1 Å². The molecular weight excluding hydrogens is 302 g/mol. The van der Waals surface area contributed by atoms with E-state index >= 15 is 0 Å². The molecule has 1 heteroatoms. The fourth-order valence-corrected chi connectivity index (χ4v) is 3.57. The van der Waals surface area contributed by atoms with E-state index in [0.717, 1.165) is 30.4 Å². The van der Waals surface area contributed by atoms with Crippen LogP contribution in [0.25, 0.3) is 0 Å². The van der Waals surface area contributed by atoms with Crippen molar-refractivity contribution < 1.29 is 4.48 Å². The minimum Gasteiger partial charge on any atom is -0.316 e. The fourth-order valence-electron chi connectivity index (χ4n) is 3.57. The summed E-state index contributed by atoms with van der Waals surface area (Å²) in [6.45, 7) is 12.4. The van der Waals surface area contributed by atoms with E-state index in [0.29, 0.717) is 0 Å². The van der Waals surface area contributed by atoms with Gasteiger partial charge in [0, 0.05) is 24.0 Å². The van der Waals surface area contributed by atoms with Crippen LogP contribution in [-0.4, -0.2) is 17.6 Å². The maximum absolute atomic E-state index is 3.90. The largest absolute Gasteiger partial charge is 0.316 e. The standard InChI is InChI=1S/C24H32N/c1-3-5-13-19-25(20-14-6-4-2,21-23-15-9-7-10-16-23)22-24-17-11-8-12-18-24/h3-4,7-12,15-18H,1-2,5-6,13-14,19-22H2/q+1. The van der Waals surface area contributed by atoms with Gasteiger partial charge in [-0.3, -0.25) is 0 Å². The van der Waals surface area contributed by atoms with Gasteiger partial charge < -0.3 is 4.48 Å². The van der Waals surface area contributed by atoms with E-state index in [1.807, 2.05) is 12.2 Å². The molecule has 0 radical (unpaired) electrons. The van der Waals surface area contributed by atoms with Gasteiger partial charge in [0.15, 0.2) is 0 Å². The zero-order valence-electron chi connectivity index (χ0n) is 15.4. The van der Waals surface area contributed by atoms with Crippen LogP contribution >= 0.6 is 0 Å². The Labute approximate surface area is 153 Å². The molecule has 0 aliphatic heterocycles. The number of quaternary nitrogens is 1. The maximum Gasteiger partial charge on any atom is 0.105 e. The molecule has 0 spiro atoms. The molecular formula is C24H32N+. The minimum absolute atomic E-state index is 1.09. The van der Waals surface area contributed by atoms with Crippen LogP contribution in [0.15, 0.2) is 86.0 Å². The molecule has 0 unspecified atom stereocenters. The molecule has 0 bridgehead atoms. The van der Waals surface area contributed by atoms with Gasteiger partial charge in [-0.2, -0.15) is 0 Å². The molecule has 0 N–H and O–H groups in total. The van der Waals surface area contributed by atoms with E-state index in [9.17, 15) is 0 Å². The monoisotopic (exact) mass is 334 g/mol. The first-order valence-electron chi connectivity index (χ1n) is 9.43. The average molecular weight is 335 g/mol. The first-order valence-corrected chi connectivity index (χ1v) is 9.43. The van der Waals surface area contributed by atoms with Gasteiger partial charge in [-0.25, -0.2) is 0 Å². The number of allylic oxidation sites excluding steroid dienone is 2. The molecule has 2 rings (SSSR count). The van der Waals surface area contributed by atoms with Gasteiger partial charge in [-0.05, 0) is 12.8 Å². The number of hydrogen-bond acceptors (Lipinski definition) is 0. The van der Waals surface area contributed by atoms with Crippen molar-refractivity contribution in [2.24, 2.45) is 0 Å². The maximum atomic E-state index is 3.90. The summed E-state index contributed by atoms with van der Waals surface area (Å²) in [6.07, 6.45) is 8.65. The number of benzene rings is 2.